The van der Waals surface area contributed by atoms with Gasteiger partial charge in [0.05, 0.1) is 7.11 Å². The van der Waals surface area contributed by atoms with Crippen LogP contribution in [-0.2, 0) is 6.42 Å². The van der Waals surface area contributed by atoms with Gasteiger partial charge in [0, 0.05) is 34.5 Å². The molecule has 0 spiro atoms. The fourth-order valence-corrected chi connectivity index (χ4v) is 5.40. The van der Waals surface area contributed by atoms with Crippen LogP contribution in [0.4, 0.5) is 0 Å². The zero-order valence-corrected chi connectivity index (χ0v) is 18.1. The third kappa shape index (κ3) is 3.75. The second-order valence-corrected chi connectivity index (χ2v) is 9.00. The van der Waals surface area contributed by atoms with Crippen molar-refractivity contribution in [2.75, 3.05) is 27.2 Å². The van der Waals surface area contributed by atoms with Gasteiger partial charge in [-0.25, -0.2) is 0 Å². The maximum Gasteiger partial charge on any atom is 0.118 e. The number of aromatic amines is 1. The quantitative estimate of drug-likeness (QED) is 0.483. The summed E-state index contributed by atoms with van der Waals surface area (Å²) in [7, 11) is 3.86. The molecule has 2 aliphatic rings. The van der Waals surface area contributed by atoms with Gasteiger partial charge in [0.25, 0.3) is 0 Å². The molecule has 1 fully saturated rings. The van der Waals surface area contributed by atoms with Gasteiger partial charge in [-0.2, -0.15) is 0 Å². The number of nitrogens with one attached hydrogen (secondary N) is 3. The van der Waals surface area contributed by atoms with Crippen LogP contribution in [0, 0.1) is 5.92 Å². The van der Waals surface area contributed by atoms with Gasteiger partial charge < -0.3 is 20.4 Å². The number of methoxy groups -OCH3 is 1. The molecule has 3 N–H and O–H groups in total. The Bertz CT molecular complexity index is 989. The predicted molar refractivity (Wildman–Crippen MR) is 124 cm³/mol. The Labute approximate surface area is 179 Å². The van der Waals surface area contributed by atoms with Crippen LogP contribution >= 0.6 is 0 Å². The number of benzene rings is 2. The van der Waals surface area contributed by atoms with Crippen LogP contribution in [0.1, 0.15) is 47.9 Å². The van der Waals surface area contributed by atoms with E-state index < -0.39 is 0 Å². The van der Waals surface area contributed by atoms with Crippen molar-refractivity contribution in [3.05, 3.63) is 65.4 Å². The third-order valence-electron chi connectivity index (χ3n) is 7.13. The van der Waals surface area contributed by atoms with Crippen molar-refractivity contribution in [3.8, 4) is 5.75 Å². The maximum atomic E-state index is 5.39. The van der Waals surface area contributed by atoms with Crippen molar-refractivity contribution >= 4 is 10.9 Å². The molecule has 4 nitrogen and oxygen atoms in total. The molecule has 0 bridgehead atoms. The Morgan fingerprint density at radius 1 is 1.07 bits per heavy atom. The molecule has 3 atom stereocenters. The van der Waals surface area contributed by atoms with E-state index >= 15 is 0 Å². The fourth-order valence-electron chi connectivity index (χ4n) is 5.40. The smallest absolute Gasteiger partial charge is 0.118 e. The van der Waals surface area contributed by atoms with Crippen LogP contribution in [0.3, 0.4) is 0 Å². The van der Waals surface area contributed by atoms with E-state index in [1.165, 1.54) is 47.1 Å². The van der Waals surface area contributed by atoms with E-state index in [1.807, 2.05) is 0 Å². The van der Waals surface area contributed by atoms with Crippen LogP contribution < -0.4 is 15.4 Å². The number of hydrogen-bond acceptors (Lipinski definition) is 3. The lowest BCUT2D eigenvalue weighted by Crippen LogP contribution is -2.43. The molecule has 158 valence electrons. The van der Waals surface area contributed by atoms with Crippen molar-refractivity contribution in [1.29, 1.82) is 0 Å². The fraction of sp³-hybridized carbons (Fsp3) is 0.462. The zero-order valence-electron chi connectivity index (χ0n) is 18.1. The monoisotopic (exact) mass is 403 g/mol. The minimum atomic E-state index is 0.410. The molecular weight excluding hydrogens is 370 g/mol. The van der Waals surface area contributed by atoms with E-state index in [-0.39, 0.29) is 0 Å². The van der Waals surface area contributed by atoms with Gasteiger partial charge in [0.1, 0.15) is 5.75 Å². The van der Waals surface area contributed by atoms with Gasteiger partial charge in [-0.1, -0.05) is 30.3 Å². The van der Waals surface area contributed by atoms with Crippen molar-refractivity contribution in [1.82, 2.24) is 15.6 Å². The topological polar surface area (TPSA) is 49.1 Å². The molecule has 2 aliphatic carbocycles. The molecule has 5 rings (SSSR count). The Kier molecular flexibility index (Phi) is 5.53. The Morgan fingerprint density at radius 3 is 2.60 bits per heavy atom. The molecule has 4 heteroatoms. The molecule has 0 saturated heterocycles. The number of para-hydroxylation sites is 1. The van der Waals surface area contributed by atoms with Gasteiger partial charge in [0.15, 0.2) is 0 Å². The summed E-state index contributed by atoms with van der Waals surface area (Å²) in [6.07, 6.45) is 5.00. The summed E-state index contributed by atoms with van der Waals surface area (Å²) in [5, 5.41) is 8.84. The van der Waals surface area contributed by atoms with Crippen molar-refractivity contribution < 1.29 is 4.74 Å². The number of rotatable bonds is 8. The third-order valence-corrected chi connectivity index (χ3v) is 7.13. The summed E-state index contributed by atoms with van der Waals surface area (Å²) in [5.74, 6) is 2.76. The van der Waals surface area contributed by atoms with E-state index in [2.05, 4.69) is 71.2 Å². The van der Waals surface area contributed by atoms with Gasteiger partial charge in [0.2, 0.25) is 0 Å². The molecule has 0 aliphatic heterocycles. The lowest BCUT2D eigenvalue weighted by molar-refractivity contribution is 0.346. The highest BCUT2D eigenvalue weighted by Gasteiger charge is 2.38. The molecule has 1 heterocycles. The van der Waals surface area contributed by atoms with E-state index in [4.69, 9.17) is 4.74 Å². The maximum absolute atomic E-state index is 5.39. The second-order valence-electron chi connectivity index (χ2n) is 9.00. The molecule has 2 aromatic carbocycles. The summed E-state index contributed by atoms with van der Waals surface area (Å²) in [5.41, 5.74) is 5.60. The molecule has 0 radical (unpaired) electrons. The highest BCUT2D eigenvalue weighted by Crippen LogP contribution is 2.45. The molecule has 0 unspecified atom stereocenters. The average molecular weight is 404 g/mol. The molecule has 3 aromatic rings. The van der Waals surface area contributed by atoms with Gasteiger partial charge in [-0.05, 0) is 81.1 Å². The first kappa shape index (κ1) is 19.7. The largest absolute Gasteiger partial charge is 0.497 e. The lowest BCUT2D eigenvalue weighted by atomic mass is 9.71. The molecular formula is C26H33N3O. The molecule has 1 saturated carbocycles. The first-order valence-electron chi connectivity index (χ1n) is 11.4. The predicted octanol–water partition coefficient (Wildman–Crippen LogP) is 4.58. The van der Waals surface area contributed by atoms with Crippen LogP contribution in [0.25, 0.3) is 10.9 Å². The summed E-state index contributed by atoms with van der Waals surface area (Å²) in [6, 6.07) is 17.9. The number of ether oxygens (including phenoxy) is 1. The summed E-state index contributed by atoms with van der Waals surface area (Å²) in [4.78, 5) is 3.76. The van der Waals surface area contributed by atoms with Gasteiger partial charge in [-0.3, -0.25) is 0 Å². The van der Waals surface area contributed by atoms with Crippen LogP contribution in [0.5, 0.6) is 5.75 Å². The SMILES string of the molecule is CN[C@H]1[C@H](c2ccc(OC)cc2)Cc2[nH]c3ccccc3c2[C@@H]1CCNCC1CC1. The standard InChI is InChI=1S/C26H33N3O/c1-27-26-21(13-14-28-16-17-7-8-17)25-20-5-3-4-6-23(20)29-24(25)15-22(26)18-9-11-19(30-2)12-10-18/h3-6,9-12,17,21-22,26-29H,7-8,13-16H2,1-2H3/t21-,22-,26+/m0/s1. The van der Waals surface area contributed by atoms with Crippen molar-refractivity contribution in [2.24, 2.45) is 5.92 Å². The summed E-state index contributed by atoms with van der Waals surface area (Å²) in [6.45, 7) is 2.26. The number of fused-ring (bicyclic) bond motifs is 3. The van der Waals surface area contributed by atoms with Crippen molar-refractivity contribution in [3.63, 3.8) is 0 Å². The molecule has 1 aromatic heterocycles. The van der Waals surface area contributed by atoms with Crippen LogP contribution in [0.2, 0.25) is 0 Å². The summed E-state index contributed by atoms with van der Waals surface area (Å²) >= 11 is 0. The minimum Gasteiger partial charge on any atom is -0.497 e. The van der Waals surface area contributed by atoms with Gasteiger partial charge >= 0.3 is 0 Å². The first-order chi connectivity index (χ1) is 14.8. The number of H-pyrrole nitrogens is 1. The number of hydrogen-bond donors (Lipinski definition) is 3. The Morgan fingerprint density at radius 2 is 1.87 bits per heavy atom. The minimum absolute atomic E-state index is 0.410. The highest BCUT2D eigenvalue weighted by atomic mass is 16.5. The Balaban J connectivity index is 1.49. The van der Waals surface area contributed by atoms with E-state index in [1.54, 1.807) is 7.11 Å². The van der Waals surface area contributed by atoms with Crippen molar-refractivity contribution in [2.45, 2.75) is 43.6 Å². The van der Waals surface area contributed by atoms with Crippen LogP contribution in [-0.4, -0.2) is 38.3 Å². The van der Waals surface area contributed by atoms with E-state index in [9.17, 15) is 0 Å². The highest BCUT2D eigenvalue weighted by molar-refractivity contribution is 5.85. The average Bonchev–Trinajstić information content (AvgIpc) is 3.54. The Hall–Kier alpha value is -2.30. The van der Waals surface area contributed by atoms with Crippen LogP contribution in [0.15, 0.2) is 48.5 Å². The molecule has 30 heavy (non-hydrogen) atoms. The normalized spacial score (nSPS) is 23.5. The number of likely N-dealkylation sites (N-methyl/N-ethyl adjacent to an activating group) is 1. The lowest BCUT2D eigenvalue weighted by Gasteiger charge is -2.39. The first-order valence-corrected chi connectivity index (χ1v) is 11.4. The second kappa shape index (κ2) is 8.44. The van der Waals surface area contributed by atoms with E-state index in [0.29, 0.717) is 17.9 Å². The summed E-state index contributed by atoms with van der Waals surface area (Å²) < 4.78 is 5.39. The zero-order chi connectivity index (χ0) is 20.5. The van der Waals surface area contributed by atoms with Gasteiger partial charge in [-0.15, -0.1) is 0 Å². The molecule has 0 amide bonds. The number of aromatic nitrogens is 1. The van der Waals surface area contributed by atoms with E-state index in [0.717, 1.165) is 31.1 Å².